The minimum atomic E-state index is -0.769. The molecule has 1 aliphatic heterocycles. The molecule has 0 saturated carbocycles. The lowest BCUT2D eigenvalue weighted by Gasteiger charge is -2.16. The number of ether oxygens (including phenoxy) is 1. The van der Waals surface area contributed by atoms with Crippen molar-refractivity contribution in [3.8, 4) is 5.75 Å². The lowest BCUT2D eigenvalue weighted by Crippen LogP contribution is -2.40. The van der Waals surface area contributed by atoms with E-state index in [1.54, 1.807) is 53.6 Å². The van der Waals surface area contributed by atoms with Gasteiger partial charge in [0.1, 0.15) is 11.8 Å². The van der Waals surface area contributed by atoms with Crippen LogP contribution in [0.3, 0.4) is 0 Å². The zero-order valence-electron chi connectivity index (χ0n) is 13.7. The summed E-state index contributed by atoms with van der Waals surface area (Å²) in [4.78, 5) is 38.0. The molecule has 3 rings (SSSR count). The summed E-state index contributed by atoms with van der Waals surface area (Å²) in [6.45, 7) is 2.29. The quantitative estimate of drug-likeness (QED) is 0.658. The molecule has 1 unspecified atom stereocenters. The van der Waals surface area contributed by atoms with Crippen molar-refractivity contribution in [2.75, 3.05) is 11.4 Å². The van der Waals surface area contributed by atoms with E-state index in [2.05, 4.69) is 5.32 Å². The molecule has 2 aromatic rings. The van der Waals surface area contributed by atoms with Crippen LogP contribution in [0.1, 0.15) is 29.4 Å². The van der Waals surface area contributed by atoms with Crippen LogP contribution in [0, 0.1) is 0 Å². The van der Waals surface area contributed by atoms with Crippen LogP contribution < -0.4 is 15.0 Å². The summed E-state index contributed by atoms with van der Waals surface area (Å²) in [5.41, 5.74) is 0.793. The second-order valence-electron chi connectivity index (χ2n) is 5.74. The first kappa shape index (κ1) is 17.2. The maximum absolute atomic E-state index is 12.1. The summed E-state index contributed by atoms with van der Waals surface area (Å²) in [7, 11) is 0. The molecule has 0 spiro atoms. The minimum Gasteiger partial charge on any atom is -0.425 e. The van der Waals surface area contributed by atoms with Crippen LogP contribution in [0.5, 0.6) is 5.75 Å². The predicted octanol–water partition coefficient (Wildman–Crippen LogP) is 2.60. The van der Waals surface area contributed by atoms with Gasteiger partial charge in [-0.05, 0) is 49.1 Å². The zero-order chi connectivity index (χ0) is 17.8. The van der Waals surface area contributed by atoms with Crippen molar-refractivity contribution in [2.24, 2.45) is 0 Å². The Balaban J connectivity index is 1.57. The molecule has 7 heteroatoms. The van der Waals surface area contributed by atoms with Crippen molar-refractivity contribution in [1.29, 1.82) is 0 Å². The number of esters is 1. The van der Waals surface area contributed by atoms with Gasteiger partial charge in [-0.1, -0.05) is 6.07 Å². The SMILES string of the molecule is CC(NC(=O)c1cccs1)C(=O)Oc1ccc(N2CCCC2=O)cc1. The molecule has 1 aromatic heterocycles. The predicted molar refractivity (Wildman–Crippen MR) is 94.9 cm³/mol. The Morgan fingerprint density at radius 2 is 2.00 bits per heavy atom. The first-order chi connectivity index (χ1) is 12.0. The summed E-state index contributed by atoms with van der Waals surface area (Å²) < 4.78 is 5.29. The smallest absolute Gasteiger partial charge is 0.333 e. The lowest BCUT2D eigenvalue weighted by atomic mass is 10.2. The molecule has 0 bridgehead atoms. The third kappa shape index (κ3) is 4.06. The van der Waals surface area contributed by atoms with Gasteiger partial charge in [-0.2, -0.15) is 0 Å². The minimum absolute atomic E-state index is 0.106. The molecule has 25 heavy (non-hydrogen) atoms. The zero-order valence-corrected chi connectivity index (χ0v) is 14.5. The van der Waals surface area contributed by atoms with E-state index in [4.69, 9.17) is 4.74 Å². The van der Waals surface area contributed by atoms with Crippen LogP contribution in [0.2, 0.25) is 0 Å². The summed E-state index contributed by atoms with van der Waals surface area (Å²) in [5.74, 6) is -0.371. The number of carbonyl (C=O) groups excluding carboxylic acids is 3. The van der Waals surface area contributed by atoms with Gasteiger partial charge in [0.05, 0.1) is 4.88 Å². The highest BCUT2D eigenvalue weighted by Gasteiger charge is 2.22. The molecule has 1 atom stereocenters. The molecule has 1 fully saturated rings. The Hall–Kier alpha value is -2.67. The second-order valence-corrected chi connectivity index (χ2v) is 6.68. The van der Waals surface area contributed by atoms with Gasteiger partial charge in [0.25, 0.3) is 5.91 Å². The van der Waals surface area contributed by atoms with E-state index in [0.29, 0.717) is 23.6 Å². The van der Waals surface area contributed by atoms with Gasteiger partial charge in [0.2, 0.25) is 5.91 Å². The topological polar surface area (TPSA) is 75.7 Å². The summed E-state index contributed by atoms with van der Waals surface area (Å²) >= 11 is 1.31. The fourth-order valence-electron chi connectivity index (χ4n) is 2.55. The average molecular weight is 358 g/mol. The van der Waals surface area contributed by atoms with Gasteiger partial charge in [-0.25, -0.2) is 4.79 Å². The number of rotatable bonds is 5. The highest BCUT2D eigenvalue weighted by atomic mass is 32.1. The van der Waals surface area contributed by atoms with E-state index in [9.17, 15) is 14.4 Å². The van der Waals surface area contributed by atoms with Crippen molar-refractivity contribution in [3.63, 3.8) is 0 Å². The molecule has 0 radical (unpaired) electrons. The molecule has 1 N–H and O–H groups in total. The number of hydrogen-bond acceptors (Lipinski definition) is 5. The molecule has 1 aliphatic rings. The molecule has 1 saturated heterocycles. The number of nitrogens with one attached hydrogen (secondary N) is 1. The van der Waals surface area contributed by atoms with E-state index >= 15 is 0 Å². The first-order valence-electron chi connectivity index (χ1n) is 8.01. The molecule has 1 aromatic carbocycles. The van der Waals surface area contributed by atoms with Crippen molar-refractivity contribution >= 4 is 34.8 Å². The standard InChI is InChI=1S/C18H18N2O4S/c1-12(19-17(22)15-4-3-11-25-15)18(23)24-14-8-6-13(7-9-14)20-10-2-5-16(20)21/h3-4,6-9,11-12H,2,5,10H2,1H3,(H,19,22). The highest BCUT2D eigenvalue weighted by Crippen LogP contribution is 2.24. The van der Waals surface area contributed by atoms with E-state index in [-0.39, 0.29) is 11.8 Å². The monoisotopic (exact) mass is 358 g/mol. The number of amides is 2. The van der Waals surface area contributed by atoms with E-state index in [0.717, 1.165) is 12.1 Å². The molecular weight excluding hydrogens is 340 g/mol. The van der Waals surface area contributed by atoms with Gasteiger partial charge >= 0.3 is 5.97 Å². The normalized spacial score (nSPS) is 15.1. The van der Waals surface area contributed by atoms with Crippen molar-refractivity contribution in [3.05, 3.63) is 46.7 Å². The summed E-state index contributed by atoms with van der Waals surface area (Å²) in [6, 6.07) is 9.49. The van der Waals surface area contributed by atoms with Crippen LogP contribution in [-0.4, -0.2) is 30.4 Å². The van der Waals surface area contributed by atoms with Gasteiger partial charge < -0.3 is 15.0 Å². The number of nitrogens with zero attached hydrogens (tertiary/aromatic N) is 1. The average Bonchev–Trinajstić information content (AvgIpc) is 3.27. The Labute approximate surface area is 149 Å². The molecule has 0 aliphatic carbocycles. The third-order valence-corrected chi connectivity index (χ3v) is 4.76. The third-order valence-electron chi connectivity index (χ3n) is 3.89. The fourth-order valence-corrected chi connectivity index (χ4v) is 3.18. The Kier molecular flexibility index (Phi) is 5.14. The lowest BCUT2D eigenvalue weighted by molar-refractivity contribution is -0.136. The Morgan fingerprint density at radius 1 is 1.24 bits per heavy atom. The van der Waals surface area contributed by atoms with Gasteiger partial charge in [-0.3, -0.25) is 9.59 Å². The van der Waals surface area contributed by atoms with E-state index in [1.807, 2.05) is 0 Å². The fraction of sp³-hybridized carbons (Fsp3) is 0.278. The van der Waals surface area contributed by atoms with Crippen molar-refractivity contribution in [1.82, 2.24) is 5.32 Å². The van der Waals surface area contributed by atoms with Crippen LogP contribution in [-0.2, 0) is 9.59 Å². The van der Waals surface area contributed by atoms with E-state index < -0.39 is 12.0 Å². The molecular formula is C18H18N2O4S. The second kappa shape index (κ2) is 7.48. The Morgan fingerprint density at radius 3 is 2.60 bits per heavy atom. The van der Waals surface area contributed by atoms with Crippen LogP contribution in [0.4, 0.5) is 5.69 Å². The number of benzene rings is 1. The van der Waals surface area contributed by atoms with Crippen molar-refractivity contribution in [2.45, 2.75) is 25.8 Å². The van der Waals surface area contributed by atoms with E-state index in [1.165, 1.54) is 11.3 Å². The molecule has 130 valence electrons. The Bertz CT molecular complexity index is 771. The highest BCUT2D eigenvalue weighted by molar-refractivity contribution is 7.12. The maximum atomic E-state index is 12.1. The first-order valence-corrected chi connectivity index (χ1v) is 8.89. The maximum Gasteiger partial charge on any atom is 0.333 e. The van der Waals surface area contributed by atoms with Gasteiger partial charge in [0.15, 0.2) is 0 Å². The van der Waals surface area contributed by atoms with Gasteiger partial charge in [-0.15, -0.1) is 11.3 Å². The summed E-state index contributed by atoms with van der Waals surface area (Å²) in [5, 5.41) is 4.40. The number of carbonyl (C=O) groups is 3. The number of anilines is 1. The van der Waals surface area contributed by atoms with Gasteiger partial charge in [0, 0.05) is 18.7 Å². The van der Waals surface area contributed by atoms with Crippen LogP contribution in [0.15, 0.2) is 41.8 Å². The summed E-state index contributed by atoms with van der Waals surface area (Å²) in [6.07, 6.45) is 1.43. The molecule has 6 nitrogen and oxygen atoms in total. The number of thiophene rings is 1. The molecule has 2 amide bonds. The van der Waals surface area contributed by atoms with Crippen molar-refractivity contribution < 1.29 is 19.1 Å². The van der Waals surface area contributed by atoms with Crippen LogP contribution in [0.25, 0.3) is 0 Å². The largest absolute Gasteiger partial charge is 0.425 e. The van der Waals surface area contributed by atoms with Crippen LogP contribution >= 0.6 is 11.3 Å². The number of hydrogen-bond donors (Lipinski definition) is 1. The molecule has 2 heterocycles.